The van der Waals surface area contributed by atoms with Gasteiger partial charge in [-0.05, 0) is 43.2 Å². The summed E-state index contributed by atoms with van der Waals surface area (Å²) in [7, 11) is 3.61. The third-order valence-electron chi connectivity index (χ3n) is 6.46. The Bertz CT molecular complexity index is 1320. The smallest absolute Gasteiger partial charge is 0.255 e. The summed E-state index contributed by atoms with van der Waals surface area (Å²) in [6.45, 7) is 2.28. The Morgan fingerprint density at radius 1 is 1.09 bits per heavy atom. The highest BCUT2D eigenvalue weighted by atomic mass is 35.5. The molecular formula is C25H25ClN4O4. The Balaban J connectivity index is 0.00000274. The molecule has 0 radical (unpaired) electrons. The van der Waals surface area contributed by atoms with Gasteiger partial charge < -0.3 is 14.2 Å². The van der Waals surface area contributed by atoms with E-state index >= 15 is 0 Å². The van der Waals surface area contributed by atoms with Crippen molar-refractivity contribution in [3.05, 3.63) is 59.4 Å². The molecule has 0 saturated carbocycles. The molecule has 5 rings (SSSR count). The summed E-state index contributed by atoms with van der Waals surface area (Å²) >= 11 is 0. The number of benzene rings is 2. The highest BCUT2D eigenvalue weighted by molar-refractivity contribution is 6.05. The van der Waals surface area contributed by atoms with E-state index in [1.54, 1.807) is 18.1 Å². The van der Waals surface area contributed by atoms with Gasteiger partial charge in [0.25, 0.3) is 5.91 Å². The average molecular weight is 481 g/mol. The normalized spacial score (nSPS) is 17.3. The molecule has 1 N–H and O–H groups in total. The van der Waals surface area contributed by atoms with Crippen molar-refractivity contribution >= 4 is 30.1 Å². The van der Waals surface area contributed by atoms with Crippen LogP contribution in [-0.2, 0) is 23.2 Å². The van der Waals surface area contributed by atoms with Gasteiger partial charge in [0.05, 0.1) is 18.5 Å². The number of aryl methyl sites for hydroxylation is 1. The standard InChI is InChI=1S/C25H24N4O4.ClH/c1-14-26-22(23(28(14)2)16-5-4-6-18(12-16)33-3)15-7-8-19-17(11-15)13-29(25(19)32)20-9-10-21(30)27-24(20)31;/h4-8,11-12,20H,9-10,13H2,1-3H3,(H,27,30,31);1H. The van der Waals surface area contributed by atoms with E-state index in [1.807, 2.05) is 54.9 Å². The number of nitrogens with one attached hydrogen (secondary N) is 1. The fraction of sp³-hybridized carbons (Fsp3) is 0.280. The number of nitrogens with zero attached hydrogens (tertiary/aromatic N) is 3. The van der Waals surface area contributed by atoms with Gasteiger partial charge in [-0.3, -0.25) is 19.7 Å². The van der Waals surface area contributed by atoms with Crippen molar-refractivity contribution in [2.75, 3.05) is 7.11 Å². The van der Waals surface area contributed by atoms with E-state index in [-0.39, 0.29) is 30.6 Å². The molecule has 0 bridgehead atoms. The van der Waals surface area contributed by atoms with Crippen molar-refractivity contribution in [1.29, 1.82) is 0 Å². The van der Waals surface area contributed by atoms with Gasteiger partial charge in [0.2, 0.25) is 11.8 Å². The first-order valence-corrected chi connectivity index (χ1v) is 10.8. The number of methoxy groups -OCH3 is 1. The number of aromatic nitrogens is 2. The van der Waals surface area contributed by atoms with E-state index in [0.29, 0.717) is 18.5 Å². The van der Waals surface area contributed by atoms with E-state index in [0.717, 1.165) is 39.7 Å². The molecule has 8 nitrogen and oxygen atoms in total. The minimum atomic E-state index is -0.629. The zero-order chi connectivity index (χ0) is 23.3. The molecule has 3 heterocycles. The number of hydrogen-bond acceptors (Lipinski definition) is 5. The first-order chi connectivity index (χ1) is 15.9. The number of rotatable bonds is 4. The van der Waals surface area contributed by atoms with Crippen LogP contribution in [0.25, 0.3) is 22.5 Å². The number of hydrogen-bond donors (Lipinski definition) is 1. The summed E-state index contributed by atoms with van der Waals surface area (Å²) in [5.74, 6) is 0.740. The Hall–Kier alpha value is -3.65. The summed E-state index contributed by atoms with van der Waals surface area (Å²) in [4.78, 5) is 43.2. The molecule has 1 unspecified atom stereocenters. The van der Waals surface area contributed by atoms with Crippen LogP contribution < -0.4 is 10.1 Å². The molecule has 34 heavy (non-hydrogen) atoms. The van der Waals surface area contributed by atoms with Crippen LogP contribution in [-0.4, -0.2) is 45.3 Å². The van der Waals surface area contributed by atoms with Crippen LogP contribution >= 0.6 is 12.4 Å². The summed E-state index contributed by atoms with van der Waals surface area (Å²) in [6.07, 6.45) is 0.579. The molecule has 0 aliphatic carbocycles. The number of amides is 3. The van der Waals surface area contributed by atoms with E-state index < -0.39 is 11.9 Å². The fourth-order valence-corrected chi connectivity index (χ4v) is 4.63. The van der Waals surface area contributed by atoms with Crippen molar-refractivity contribution in [2.45, 2.75) is 32.4 Å². The second-order valence-corrected chi connectivity index (χ2v) is 8.42. The molecule has 0 spiro atoms. The lowest BCUT2D eigenvalue weighted by Crippen LogP contribution is -2.52. The molecule has 2 aromatic carbocycles. The topological polar surface area (TPSA) is 93.5 Å². The number of halogens is 1. The van der Waals surface area contributed by atoms with Gasteiger partial charge in [0.1, 0.15) is 17.6 Å². The molecule has 1 saturated heterocycles. The summed E-state index contributed by atoms with van der Waals surface area (Å²) in [5, 5.41) is 2.34. The average Bonchev–Trinajstić information content (AvgIpc) is 3.29. The number of piperidine rings is 1. The molecule has 2 aliphatic heterocycles. The van der Waals surface area contributed by atoms with Crippen molar-refractivity contribution in [1.82, 2.24) is 19.8 Å². The minimum absolute atomic E-state index is 0. The predicted octanol–water partition coefficient (Wildman–Crippen LogP) is 3.25. The largest absolute Gasteiger partial charge is 0.497 e. The van der Waals surface area contributed by atoms with Gasteiger partial charge in [0, 0.05) is 36.7 Å². The number of carbonyl (C=O) groups excluding carboxylic acids is 3. The molecule has 1 fully saturated rings. The maximum atomic E-state index is 13.0. The van der Waals surface area contributed by atoms with E-state index in [9.17, 15) is 14.4 Å². The first kappa shape index (κ1) is 23.5. The van der Waals surface area contributed by atoms with Gasteiger partial charge in [-0.25, -0.2) is 4.98 Å². The van der Waals surface area contributed by atoms with E-state index in [1.165, 1.54) is 0 Å². The lowest BCUT2D eigenvalue weighted by molar-refractivity contribution is -0.136. The van der Waals surface area contributed by atoms with Gasteiger partial charge in [0.15, 0.2) is 0 Å². The zero-order valence-corrected chi connectivity index (χ0v) is 19.9. The van der Waals surface area contributed by atoms with Crippen LogP contribution in [0.2, 0.25) is 0 Å². The Kier molecular flexibility index (Phi) is 6.18. The van der Waals surface area contributed by atoms with Gasteiger partial charge >= 0.3 is 0 Å². The highest BCUT2D eigenvalue weighted by Crippen LogP contribution is 2.36. The summed E-state index contributed by atoms with van der Waals surface area (Å²) < 4.78 is 7.44. The Morgan fingerprint density at radius 3 is 2.62 bits per heavy atom. The summed E-state index contributed by atoms with van der Waals surface area (Å²) in [5.41, 5.74) is 5.08. The molecule has 1 atom stereocenters. The number of carbonyl (C=O) groups is 3. The van der Waals surface area contributed by atoms with Gasteiger partial charge in [-0.2, -0.15) is 0 Å². The maximum absolute atomic E-state index is 13.0. The number of ether oxygens (including phenoxy) is 1. The first-order valence-electron chi connectivity index (χ1n) is 10.8. The van der Waals surface area contributed by atoms with Crippen molar-refractivity contribution in [3.63, 3.8) is 0 Å². The van der Waals surface area contributed by atoms with E-state index in [2.05, 4.69) is 5.32 Å². The molecule has 2 aliphatic rings. The van der Waals surface area contributed by atoms with E-state index in [4.69, 9.17) is 9.72 Å². The molecule has 3 aromatic rings. The van der Waals surface area contributed by atoms with Crippen LogP contribution in [0.5, 0.6) is 5.75 Å². The SMILES string of the molecule is COc1cccc(-c2c(-c3ccc4c(c3)CN(C3CCC(=O)NC3=O)C4=O)nc(C)n2C)c1.Cl. The van der Waals surface area contributed by atoms with Crippen LogP contribution in [0.4, 0.5) is 0 Å². The highest BCUT2D eigenvalue weighted by Gasteiger charge is 2.39. The van der Waals surface area contributed by atoms with Crippen LogP contribution in [0.3, 0.4) is 0 Å². The Labute approximate surface area is 203 Å². The van der Waals surface area contributed by atoms with Gasteiger partial charge in [-0.1, -0.05) is 18.2 Å². The molecule has 176 valence electrons. The number of imidazole rings is 1. The number of fused-ring (bicyclic) bond motifs is 1. The van der Waals surface area contributed by atoms with Crippen molar-refractivity contribution in [3.8, 4) is 28.3 Å². The van der Waals surface area contributed by atoms with Crippen LogP contribution in [0.1, 0.15) is 34.6 Å². The van der Waals surface area contributed by atoms with Gasteiger partial charge in [-0.15, -0.1) is 12.4 Å². The van der Waals surface area contributed by atoms with Crippen LogP contribution in [0.15, 0.2) is 42.5 Å². The second-order valence-electron chi connectivity index (χ2n) is 8.42. The third kappa shape index (κ3) is 3.84. The summed E-state index contributed by atoms with van der Waals surface area (Å²) in [6, 6.07) is 12.9. The Morgan fingerprint density at radius 2 is 1.88 bits per heavy atom. The van der Waals surface area contributed by atoms with Crippen LogP contribution in [0, 0.1) is 6.92 Å². The molecular weight excluding hydrogens is 456 g/mol. The molecule has 1 aromatic heterocycles. The molecule has 9 heteroatoms. The second kappa shape index (κ2) is 8.95. The third-order valence-corrected chi connectivity index (χ3v) is 6.46. The fourth-order valence-electron chi connectivity index (χ4n) is 4.63. The maximum Gasteiger partial charge on any atom is 0.255 e. The lowest BCUT2D eigenvalue weighted by atomic mass is 10.0. The van der Waals surface area contributed by atoms with Crippen molar-refractivity contribution in [2.24, 2.45) is 7.05 Å². The predicted molar refractivity (Wildman–Crippen MR) is 129 cm³/mol. The minimum Gasteiger partial charge on any atom is -0.497 e. The zero-order valence-electron chi connectivity index (χ0n) is 19.1. The quantitative estimate of drug-likeness (QED) is 0.578. The van der Waals surface area contributed by atoms with Crippen molar-refractivity contribution < 1.29 is 19.1 Å². The monoisotopic (exact) mass is 480 g/mol. The number of imide groups is 1. The molecule has 3 amide bonds. The lowest BCUT2D eigenvalue weighted by Gasteiger charge is -2.29.